The highest BCUT2D eigenvalue weighted by atomic mass is 32.1. The molecule has 0 radical (unpaired) electrons. The maximum atomic E-state index is 5.52. The van der Waals surface area contributed by atoms with Gasteiger partial charge in [-0.15, -0.1) is 22.7 Å². The summed E-state index contributed by atoms with van der Waals surface area (Å²) in [5.41, 5.74) is 0. The average Bonchev–Trinajstić information content (AvgIpc) is 3.17. The zero-order chi connectivity index (χ0) is 13.8. The number of hydrogen-bond acceptors (Lipinski definition) is 5. The van der Waals surface area contributed by atoms with Gasteiger partial charge in [-0.2, -0.15) is 0 Å². The normalized spacial score (nSPS) is 12.7. The van der Waals surface area contributed by atoms with Crippen molar-refractivity contribution in [2.24, 2.45) is 0 Å². The summed E-state index contributed by atoms with van der Waals surface area (Å²) in [6.45, 7) is 2.57. The maximum Gasteiger partial charge on any atom is 0.208 e. The molecule has 0 aromatic carbocycles. The van der Waals surface area contributed by atoms with E-state index in [0.717, 1.165) is 18.1 Å². The number of thiophene rings is 2. The van der Waals surface area contributed by atoms with Crippen molar-refractivity contribution in [1.82, 2.24) is 10.3 Å². The highest BCUT2D eigenvalue weighted by Gasteiger charge is 2.14. The minimum Gasteiger partial charge on any atom is -0.445 e. The third-order valence-corrected chi connectivity index (χ3v) is 4.93. The second-order valence-corrected chi connectivity index (χ2v) is 6.61. The van der Waals surface area contributed by atoms with Crippen molar-refractivity contribution in [3.63, 3.8) is 0 Å². The molecule has 3 heterocycles. The first-order valence-corrected chi connectivity index (χ1v) is 8.27. The van der Waals surface area contributed by atoms with Gasteiger partial charge in [-0.3, -0.25) is 0 Å². The fourth-order valence-corrected chi connectivity index (χ4v) is 3.64. The van der Waals surface area contributed by atoms with E-state index in [4.69, 9.17) is 4.42 Å². The molecule has 104 valence electrons. The van der Waals surface area contributed by atoms with E-state index in [9.17, 15) is 0 Å². The molecular weight excluding hydrogens is 288 g/mol. The lowest BCUT2D eigenvalue weighted by atomic mass is 10.1. The molecular formula is C15H16N2OS2. The Bertz CT molecular complexity index is 629. The van der Waals surface area contributed by atoms with E-state index in [1.807, 2.05) is 6.92 Å². The standard InChI is InChI=1S/C15H16N2OS2/c1-11-9-17-15(18-11)10-16-13(14-5-3-7-20-14)8-12-4-2-6-19-12/h2-7,9,13,16H,8,10H2,1H3. The predicted molar refractivity (Wildman–Crippen MR) is 83.2 cm³/mol. The SMILES string of the molecule is Cc1cnc(CNC(Cc2cccs2)c2cccs2)o1. The van der Waals surface area contributed by atoms with E-state index in [1.165, 1.54) is 9.75 Å². The van der Waals surface area contributed by atoms with Gasteiger partial charge in [-0.05, 0) is 29.8 Å². The average molecular weight is 304 g/mol. The molecule has 0 saturated carbocycles. The molecule has 1 N–H and O–H groups in total. The summed E-state index contributed by atoms with van der Waals surface area (Å²) >= 11 is 3.58. The summed E-state index contributed by atoms with van der Waals surface area (Å²) in [5, 5.41) is 7.79. The zero-order valence-corrected chi connectivity index (χ0v) is 12.8. The molecule has 3 aromatic heterocycles. The largest absolute Gasteiger partial charge is 0.445 e. The molecule has 0 aliphatic carbocycles. The van der Waals surface area contributed by atoms with Crippen molar-refractivity contribution in [3.05, 3.63) is 62.6 Å². The molecule has 3 rings (SSSR count). The Labute approximate surface area is 126 Å². The summed E-state index contributed by atoms with van der Waals surface area (Å²) in [4.78, 5) is 6.98. The lowest BCUT2D eigenvalue weighted by molar-refractivity contribution is 0.425. The molecule has 3 nitrogen and oxygen atoms in total. The van der Waals surface area contributed by atoms with Crippen LogP contribution in [0, 0.1) is 6.92 Å². The molecule has 5 heteroatoms. The number of hydrogen-bond donors (Lipinski definition) is 1. The Morgan fingerprint density at radius 1 is 1.25 bits per heavy atom. The van der Waals surface area contributed by atoms with Crippen LogP contribution in [0.1, 0.15) is 27.4 Å². The molecule has 0 spiro atoms. The van der Waals surface area contributed by atoms with Gasteiger partial charge in [0.2, 0.25) is 5.89 Å². The lowest BCUT2D eigenvalue weighted by Crippen LogP contribution is -2.22. The Balaban J connectivity index is 1.69. The summed E-state index contributed by atoms with van der Waals surface area (Å²) in [6, 6.07) is 8.86. The Kier molecular flexibility index (Phi) is 4.30. The van der Waals surface area contributed by atoms with Crippen LogP contribution in [0.25, 0.3) is 0 Å². The number of aromatic nitrogens is 1. The van der Waals surface area contributed by atoms with Gasteiger partial charge in [0.05, 0.1) is 12.7 Å². The van der Waals surface area contributed by atoms with Crippen LogP contribution in [0.5, 0.6) is 0 Å². The second-order valence-electron chi connectivity index (χ2n) is 4.60. The van der Waals surface area contributed by atoms with Gasteiger partial charge in [-0.25, -0.2) is 4.98 Å². The summed E-state index contributed by atoms with van der Waals surface area (Å²) in [5.74, 6) is 1.60. The number of oxazole rings is 1. The van der Waals surface area contributed by atoms with Crippen LogP contribution in [-0.4, -0.2) is 4.98 Å². The van der Waals surface area contributed by atoms with Gasteiger partial charge < -0.3 is 9.73 Å². The Hall–Kier alpha value is -1.43. The van der Waals surface area contributed by atoms with Crippen LogP contribution < -0.4 is 5.32 Å². The Morgan fingerprint density at radius 2 is 2.10 bits per heavy atom. The van der Waals surface area contributed by atoms with Crippen molar-refractivity contribution in [2.75, 3.05) is 0 Å². The van der Waals surface area contributed by atoms with E-state index in [-0.39, 0.29) is 0 Å². The number of aryl methyl sites for hydroxylation is 1. The third kappa shape index (κ3) is 3.36. The van der Waals surface area contributed by atoms with Crippen molar-refractivity contribution in [3.8, 4) is 0 Å². The van der Waals surface area contributed by atoms with Crippen LogP contribution in [0.2, 0.25) is 0 Å². The van der Waals surface area contributed by atoms with Gasteiger partial charge in [0, 0.05) is 22.2 Å². The molecule has 0 amide bonds. The summed E-state index contributed by atoms with van der Waals surface area (Å²) < 4.78 is 5.52. The van der Waals surface area contributed by atoms with E-state index in [2.05, 4.69) is 45.3 Å². The van der Waals surface area contributed by atoms with Crippen LogP contribution in [-0.2, 0) is 13.0 Å². The van der Waals surface area contributed by atoms with Crippen LogP contribution in [0.3, 0.4) is 0 Å². The van der Waals surface area contributed by atoms with Crippen molar-refractivity contribution < 1.29 is 4.42 Å². The summed E-state index contributed by atoms with van der Waals surface area (Å²) in [6.07, 6.45) is 2.76. The molecule has 20 heavy (non-hydrogen) atoms. The van der Waals surface area contributed by atoms with Gasteiger partial charge in [0.15, 0.2) is 0 Å². The molecule has 1 unspecified atom stereocenters. The van der Waals surface area contributed by atoms with Gasteiger partial charge in [0.1, 0.15) is 5.76 Å². The van der Waals surface area contributed by atoms with Gasteiger partial charge in [0.25, 0.3) is 0 Å². The second kappa shape index (κ2) is 6.35. The molecule has 0 aliphatic heterocycles. The highest BCUT2D eigenvalue weighted by molar-refractivity contribution is 7.10. The smallest absolute Gasteiger partial charge is 0.208 e. The van der Waals surface area contributed by atoms with Crippen LogP contribution in [0.15, 0.2) is 45.6 Å². The predicted octanol–water partition coefficient (Wildman–Crippen LogP) is 4.18. The minimum absolute atomic E-state index is 0.306. The lowest BCUT2D eigenvalue weighted by Gasteiger charge is -2.15. The maximum absolute atomic E-state index is 5.52. The number of nitrogens with zero attached hydrogens (tertiary/aromatic N) is 1. The van der Waals surface area contributed by atoms with E-state index >= 15 is 0 Å². The molecule has 3 aromatic rings. The highest BCUT2D eigenvalue weighted by Crippen LogP contribution is 2.25. The Morgan fingerprint density at radius 3 is 2.75 bits per heavy atom. The molecule has 0 aliphatic rings. The first-order chi connectivity index (χ1) is 9.81. The van der Waals surface area contributed by atoms with E-state index in [0.29, 0.717) is 12.6 Å². The first kappa shape index (κ1) is 13.5. The van der Waals surface area contributed by atoms with E-state index < -0.39 is 0 Å². The topological polar surface area (TPSA) is 38.1 Å². The monoisotopic (exact) mass is 304 g/mol. The molecule has 0 saturated heterocycles. The molecule has 0 bridgehead atoms. The molecule has 1 atom stereocenters. The van der Waals surface area contributed by atoms with Crippen molar-refractivity contribution in [1.29, 1.82) is 0 Å². The quantitative estimate of drug-likeness (QED) is 0.742. The third-order valence-electron chi connectivity index (χ3n) is 3.04. The molecule has 0 fully saturated rings. The van der Waals surface area contributed by atoms with Gasteiger partial charge >= 0.3 is 0 Å². The number of rotatable bonds is 6. The van der Waals surface area contributed by atoms with Crippen molar-refractivity contribution in [2.45, 2.75) is 25.9 Å². The zero-order valence-electron chi connectivity index (χ0n) is 11.2. The minimum atomic E-state index is 0.306. The fraction of sp³-hybridized carbons (Fsp3) is 0.267. The van der Waals surface area contributed by atoms with Crippen LogP contribution in [0.4, 0.5) is 0 Å². The van der Waals surface area contributed by atoms with E-state index in [1.54, 1.807) is 28.9 Å². The summed E-state index contributed by atoms with van der Waals surface area (Å²) in [7, 11) is 0. The van der Waals surface area contributed by atoms with Gasteiger partial charge in [-0.1, -0.05) is 12.1 Å². The first-order valence-electron chi connectivity index (χ1n) is 6.52. The fourth-order valence-electron chi connectivity index (χ4n) is 2.09. The number of nitrogens with one attached hydrogen (secondary N) is 1. The van der Waals surface area contributed by atoms with Crippen LogP contribution >= 0.6 is 22.7 Å². The van der Waals surface area contributed by atoms with Crippen molar-refractivity contribution >= 4 is 22.7 Å².